The van der Waals surface area contributed by atoms with Crippen LogP contribution in [0.5, 0.6) is 0 Å². The van der Waals surface area contributed by atoms with Gasteiger partial charge in [-0.25, -0.2) is 0 Å². The minimum absolute atomic E-state index is 0.194. The Labute approximate surface area is 125 Å². The third-order valence-corrected chi connectivity index (χ3v) is 6.38. The lowest BCUT2D eigenvalue weighted by Crippen LogP contribution is -2.23. The highest BCUT2D eigenvalue weighted by Crippen LogP contribution is 2.38. The molecule has 0 spiro atoms. The number of allylic oxidation sites excluding steroid dienone is 2. The van der Waals surface area contributed by atoms with Crippen molar-refractivity contribution < 1.29 is 14.4 Å². The molecule has 0 aromatic carbocycles. The second kappa shape index (κ2) is 6.22. The van der Waals surface area contributed by atoms with Gasteiger partial charge in [0.05, 0.1) is 17.1 Å². The van der Waals surface area contributed by atoms with Gasteiger partial charge in [0.15, 0.2) is 5.82 Å². The van der Waals surface area contributed by atoms with Crippen LogP contribution in [0.3, 0.4) is 0 Å². The van der Waals surface area contributed by atoms with Gasteiger partial charge in [-0.3, -0.25) is 4.79 Å². The van der Waals surface area contributed by atoms with Crippen molar-refractivity contribution in [2.75, 3.05) is 17.3 Å². The molecule has 0 saturated carbocycles. The second-order valence-corrected chi connectivity index (χ2v) is 7.38. The first-order valence-corrected chi connectivity index (χ1v) is 8.86. The first-order valence-electron chi connectivity index (χ1n) is 6.66. The molecular weight excluding hydrogens is 296 g/mol. The number of carbonyl (C=O) groups is 1. The van der Waals surface area contributed by atoms with Crippen molar-refractivity contribution in [2.45, 2.75) is 24.0 Å². The van der Waals surface area contributed by atoms with Gasteiger partial charge < -0.3 is 9.63 Å². The van der Waals surface area contributed by atoms with Crippen LogP contribution in [0.1, 0.15) is 35.7 Å². The molecule has 1 N–H and O–H groups in total. The van der Waals surface area contributed by atoms with Crippen molar-refractivity contribution >= 4 is 29.5 Å². The minimum atomic E-state index is -0.790. The molecule has 1 saturated heterocycles. The van der Waals surface area contributed by atoms with Crippen molar-refractivity contribution in [2.24, 2.45) is 5.92 Å². The number of carboxylic acids is 1. The predicted octanol–water partition coefficient (Wildman–Crippen LogP) is 2.73. The Kier molecular flexibility index (Phi) is 4.35. The number of aliphatic carboxylic acids is 1. The summed E-state index contributed by atoms with van der Waals surface area (Å²) in [4.78, 5) is 15.8. The molecule has 0 amide bonds. The van der Waals surface area contributed by atoms with E-state index in [1.54, 1.807) is 0 Å². The molecule has 2 aliphatic rings. The van der Waals surface area contributed by atoms with Crippen molar-refractivity contribution in [1.82, 2.24) is 10.1 Å². The Bertz CT molecular complexity index is 511. The largest absolute Gasteiger partial charge is 0.481 e. The normalized spacial score (nSPS) is 30.3. The molecule has 3 unspecified atom stereocenters. The SMILES string of the molecule is O=C(O)C1CC=CCC1c1nc(C2CSCCS2)no1. The van der Waals surface area contributed by atoms with E-state index in [0.29, 0.717) is 18.7 Å². The van der Waals surface area contributed by atoms with Gasteiger partial charge >= 0.3 is 5.97 Å². The molecule has 0 bridgehead atoms. The molecule has 5 nitrogen and oxygen atoms in total. The van der Waals surface area contributed by atoms with Gasteiger partial charge in [0.2, 0.25) is 5.89 Å². The molecule has 3 rings (SSSR count). The van der Waals surface area contributed by atoms with Gasteiger partial charge in [-0.1, -0.05) is 17.3 Å². The maximum absolute atomic E-state index is 11.3. The van der Waals surface area contributed by atoms with E-state index >= 15 is 0 Å². The maximum Gasteiger partial charge on any atom is 0.307 e. The summed E-state index contributed by atoms with van der Waals surface area (Å²) in [7, 11) is 0. The summed E-state index contributed by atoms with van der Waals surface area (Å²) >= 11 is 3.75. The molecule has 1 fully saturated rings. The van der Waals surface area contributed by atoms with Gasteiger partial charge in [-0.15, -0.1) is 11.8 Å². The lowest BCUT2D eigenvalue weighted by Gasteiger charge is -2.21. The Morgan fingerprint density at radius 3 is 2.95 bits per heavy atom. The zero-order valence-corrected chi connectivity index (χ0v) is 12.5. The number of aromatic nitrogens is 2. The van der Waals surface area contributed by atoms with E-state index in [0.717, 1.165) is 17.3 Å². The number of hydrogen-bond acceptors (Lipinski definition) is 6. The molecule has 2 heterocycles. The molecular formula is C13H16N2O3S2. The van der Waals surface area contributed by atoms with Gasteiger partial charge in [-0.05, 0) is 12.8 Å². The summed E-state index contributed by atoms with van der Waals surface area (Å²) in [6.45, 7) is 0. The Hall–Kier alpha value is -0.950. The Balaban J connectivity index is 1.78. The molecule has 0 radical (unpaired) electrons. The summed E-state index contributed by atoms with van der Waals surface area (Å²) in [6.07, 6.45) is 5.11. The summed E-state index contributed by atoms with van der Waals surface area (Å²) < 4.78 is 5.36. The molecule has 1 aliphatic carbocycles. The van der Waals surface area contributed by atoms with Crippen LogP contribution in [0.4, 0.5) is 0 Å². The highest BCUT2D eigenvalue weighted by Gasteiger charge is 2.34. The van der Waals surface area contributed by atoms with Gasteiger partial charge in [0.1, 0.15) is 0 Å². The molecule has 7 heteroatoms. The first kappa shape index (κ1) is 14.0. The quantitative estimate of drug-likeness (QED) is 0.860. The van der Waals surface area contributed by atoms with E-state index in [4.69, 9.17) is 4.52 Å². The number of nitrogens with zero attached hydrogens (tertiary/aromatic N) is 2. The molecule has 1 aromatic rings. The van der Waals surface area contributed by atoms with Crippen molar-refractivity contribution in [3.63, 3.8) is 0 Å². The van der Waals surface area contributed by atoms with E-state index < -0.39 is 11.9 Å². The van der Waals surface area contributed by atoms with E-state index in [9.17, 15) is 9.90 Å². The highest BCUT2D eigenvalue weighted by atomic mass is 32.2. The fourth-order valence-electron chi connectivity index (χ4n) is 2.53. The van der Waals surface area contributed by atoms with Gasteiger partial charge in [0, 0.05) is 17.3 Å². The summed E-state index contributed by atoms with van der Waals surface area (Å²) in [6, 6.07) is 0. The average molecular weight is 312 g/mol. The molecule has 108 valence electrons. The summed E-state index contributed by atoms with van der Waals surface area (Å²) in [5, 5.41) is 13.6. The zero-order chi connectivity index (χ0) is 13.9. The summed E-state index contributed by atoms with van der Waals surface area (Å²) in [5.41, 5.74) is 0. The third-order valence-electron chi connectivity index (χ3n) is 3.63. The van der Waals surface area contributed by atoms with Crippen LogP contribution in [0.2, 0.25) is 0 Å². The number of carboxylic acid groups (broad SMARTS) is 1. The van der Waals surface area contributed by atoms with Crippen molar-refractivity contribution in [1.29, 1.82) is 0 Å². The molecule has 1 aliphatic heterocycles. The molecule has 1 aromatic heterocycles. The van der Waals surface area contributed by atoms with Crippen LogP contribution in [-0.2, 0) is 4.79 Å². The van der Waals surface area contributed by atoms with Crippen LogP contribution in [0, 0.1) is 5.92 Å². The summed E-state index contributed by atoms with van der Waals surface area (Å²) in [5.74, 6) is 3.02. The number of rotatable bonds is 3. The Morgan fingerprint density at radius 1 is 1.35 bits per heavy atom. The minimum Gasteiger partial charge on any atom is -0.481 e. The van der Waals surface area contributed by atoms with Crippen LogP contribution in [-0.4, -0.2) is 38.5 Å². The van der Waals surface area contributed by atoms with Crippen LogP contribution >= 0.6 is 23.5 Å². The monoisotopic (exact) mass is 312 g/mol. The molecule has 20 heavy (non-hydrogen) atoms. The fourth-order valence-corrected chi connectivity index (χ4v) is 5.11. The standard InChI is InChI=1S/C13H16N2O3S2/c16-13(17)9-4-2-1-3-8(9)12-14-11(15-18-12)10-7-19-5-6-20-10/h1-2,8-10H,3-7H2,(H,16,17). The Morgan fingerprint density at radius 2 is 2.20 bits per heavy atom. The number of hydrogen-bond donors (Lipinski definition) is 1. The van der Waals surface area contributed by atoms with Crippen molar-refractivity contribution in [3.05, 3.63) is 23.9 Å². The average Bonchev–Trinajstić information content (AvgIpc) is 2.98. The van der Waals surface area contributed by atoms with Crippen LogP contribution < -0.4 is 0 Å². The zero-order valence-electron chi connectivity index (χ0n) is 10.9. The third kappa shape index (κ3) is 2.88. The number of thioether (sulfide) groups is 2. The van der Waals surface area contributed by atoms with Gasteiger partial charge in [-0.2, -0.15) is 16.7 Å². The van der Waals surface area contributed by atoms with Crippen molar-refractivity contribution in [3.8, 4) is 0 Å². The fraction of sp³-hybridized carbons (Fsp3) is 0.615. The lowest BCUT2D eigenvalue weighted by atomic mass is 9.83. The van der Waals surface area contributed by atoms with E-state index in [2.05, 4.69) is 10.1 Å². The topological polar surface area (TPSA) is 76.2 Å². The van der Waals surface area contributed by atoms with E-state index in [1.165, 1.54) is 5.75 Å². The second-order valence-electron chi connectivity index (χ2n) is 4.92. The first-order chi connectivity index (χ1) is 9.75. The maximum atomic E-state index is 11.3. The predicted molar refractivity (Wildman–Crippen MR) is 79.1 cm³/mol. The van der Waals surface area contributed by atoms with Crippen LogP contribution in [0.15, 0.2) is 16.7 Å². The van der Waals surface area contributed by atoms with E-state index in [-0.39, 0.29) is 11.2 Å². The highest BCUT2D eigenvalue weighted by molar-refractivity contribution is 8.06. The smallest absolute Gasteiger partial charge is 0.307 e. The van der Waals surface area contributed by atoms with Gasteiger partial charge in [0.25, 0.3) is 0 Å². The van der Waals surface area contributed by atoms with Crippen LogP contribution in [0.25, 0.3) is 0 Å². The lowest BCUT2D eigenvalue weighted by molar-refractivity contribution is -0.142. The van der Waals surface area contributed by atoms with E-state index in [1.807, 2.05) is 35.7 Å². The molecule has 3 atom stereocenters.